The molecule has 1 aromatic heterocycles. The Balaban J connectivity index is 1.79. The largest absolute Gasteiger partial charge is 0.326 e. The highest BCUT2D eigenvalue weighted by atomic mass is 35.5. The lowest BCUT2D eigenvalue weighted by molar-refractivity contribution is -0.114. The fourth-order valence-corrected chi connectivity index (χ4v) is 3.28. The molecule has 4 nitrogen and oxygen atoms in total. The van der Waals surface area contributed by atoms with Gasteiger partial charge in [-0.2, -0.15) is 0 Å². The minimum absolute atomic E-state index is 0.0902. The molecule has 122 valence electrons. The molecule has 0 radical (unpaired) electrons. The van der Waals surface area contributed by atoms with E-state index in [0.29, 0.717) is 5.02 Å². The number of carbonyl (C=O) groups is 1. The lowest BCUT2D eigenvalue weighted by atomic mass is 10.1. The molecule has 1 amide bonds. The van der Waals surface area contributed by atoms with Crippen molar-refractivity contribution in [1.82, 2.24) is 4.98 Å². The molecule has 24 heavy (non-hydrogen) atoms. The predicted octanol–water partition coefficient (Wildman–Crippen LogP) is 4.47. The van der Waals surface area contributed by atoms with Gasteiger partial charge in [0.25, 0.3) is 0 Å². The van der Waals surface area contributed by atoms with Gasteiger partial charge in [0, 0.05) is 28.6 Å². The summed E-state index contributed by atoms with van der Waals surface area (Å²) in [6.45, 7) is 1.48. The number of rotatable bonds is 4. The summed E-state index contributed by atoms with van der Waals surface area (Å²) in [6.07, 6.45) is 0. The van der Waals surface area contributed by atoms with Crippen LogP contribution in [0.5, 0.6) is 0 Å². The number of amides is 1. The van der Waals surface area contributed by atoms with Gasteiger partial charge in [-0.15, -0.1) is 11.3 Å². The molecule has 6 heteroatoms. The first-order chi connectivity index (χ1) is 11.5. The van der Waals surface area contributed by atoms with Crippen LogP contribution in [0.1, 0.15) is 23.5 Å². The summed E-state index contributed by atoms with van der Waals surface area (Å²) in [5.41, 5.74) is 9.88. The Morgan fingerprint density at radius 3 is 2.46 bits per heavy atom. The molecule has 0 bridgehead atoms. The van der Waals surface area contributed by atoms with E-state index in [9.17, 15) is 4.79 Å². The topological polar surface area (TPSA) is 68.0 Å². The monoisotopic (exact) mass is 357 g/mol. The Morgan fingerprint density at radius 2 is 1.83 bits per heavy atom. The highest BCUT2D eigenvalue weighted by molar-refractivity contribution is 7.10. The Bertz CT molecular complexity index is 843. The molecule has 1 unspecified atom stereocenters. The van der Waals surface area contributed by atoms with Gasteiger partial charge in [-0.25, -0.2) is 4.98 Å². The van der Waals surface area contributed by atoms with Crippen molar-refractivity contribution < 1.29 is 4.79 Å². The number of halogens is 1. The van der Waals surface area contributed by atoms with Gasteiger partial charge < -0.3 is 11.1 Å². The van der Waals surface area contributed by atoms with E-state index >= 15 is 0 Å². The van der Waals surface area contributed by atoms with Gasteiger partial charge in [0.2, 0.25) is 5.91 Å². The number of nitrogens with one attached hydrogen (secondary N) is 1. The zero-order chi connectivity index (χ0) is 17.1. The third-order valence-corrected chi connectivity index (χ3v) is 4.70. The van der Waals surface area contributed by atoms with Gasteiger partial charge >= 0.3 is 0 Å². The van der Waals surface area contributed by atoms with Crippen LogP contribution in [0, 0.1) is 0 Å². The fourth-order valence-electron chi connectivity index (χ4n) is 2.30. The molecular formula is C18H16ClN3OS. The van der Waals surface area contributed by atoms with Crippen LogP contribution in [-0.2, 0) is 4.79 Å². The first kappa shape index (κ1) is 16.6. The van der Waals surface area contributed by atoms with Gasteiger partial charge in [-0.1, -0.05) is 35.9 Å². The van der Waals surface area contributed by atoms with Gasteiger partial charge in [0.15, 0.2) is 0 Å². The van der Waals surface area contributed by atoms with Crippen molar-refractivity contribution in [3.8, 4) is 11.3 Å². The molecule has 0 aliphatic heterocycles. The second-order valence-electron chi connectivity index (χ2n) is 5.36. The van der Waals surface area contributed by atoms with Crippen LogP contribution in [0.4, 0.5) is 5.69 Å². The molecule has 1 heterocycles. The van der Waals surface area contributed by atoms with Gasteiger partial charge in [-0.3, -0.25) is 4.79 Å². The predicted molar refractivity (Wildman–Crippen MR) is 99.3 cm³/mol. The maximum absolute atomic E-state index is 11.1. The van der Waals surface area contributed by atoms with Crippen molar-refractivity contribution in [2.45, 2.75) is 13.0 Å². The first-order valence-corrected chi connectivity index (χ1v) is 8.63. The number of benzene rings is 2. The molecule has 3 N–H and O–H groups in total. The van der Waals surface area contributed by atoms with Crippen LogP contribution in [0.3, 0.4) is 0 Å². The van der Waals surface area contributed by atoms with Crippen LogP contribution >= 0.6 is 22.9 Å². The third kappa shape index (κ3) is 3.82. The van der Waals surface area contributed by atoms with Crippen LogP contribution in [0.15, 0.2) is 53.9 Å². The molecule has 0 spiro atoms. The number of carbonyl (C=O) groups excluding carboxylic acids is 1. The number of nitrogens with zero attached hydrogens (tertiary/aromatic N) is 1. The van der Waals surface area contributed by atoms with E-state index in [1.54, 1.807) is 0 Å². The summed E-state index contributed by atoms with van der Waals surface area (Å²) in [6, 6.07) is 14.8. The zero-order valence-corrected chi connectivity index (χ0v) is 14.6. The van der Waals surface area contributed by atoms with E-state index in [0.717, 1.165) is 27.5 Å². The maximum Gasteiger partial charge on any atom is 0.221 e. The summed E-state index contributed by atoms with van der Waals surface area (Å²) in [4.78, 5) is 15.7. The summed E-state index contributed by atoms with van der Waals surface area (Å²) in [7, 11) is 0. The summed E-state index contributed by atoms with van der Waals surface area (Å²) < 4.78 is 0. The highest BCUT2D eigenvalue weighted by Crippen LogP contribution is 2.29. The maximum atomic E-state index is 11.1. The Labute approximate surface area is 149 Å². The van der Waals surface area contributed by atoms with Crippen molar-refractivity contribution in [2.24, 2.45) is 5.73 Å². The fraction of sp³-hybridized carbons (Fsp3) is 0.111. The Kier molecular flexibility index (Phi) is 4.94. The van der Waals surface area contributed by atoms with E-state index < -0.39 is 0 Å². The third-order valence-electron chi connectivity index (χ3n) is 3.52. The smallest absolute Gasteiger partial charge is 0.221 e. The van der Waals surface area contributed by atoms with E-state index in [-0.39, 0.29) is 11.9 Å². The van der Waals surface area contributed by atoms with Crippen molar-refractivity contribution in [3.63, 3.8) is 0 Å². The number of hydrogen-bond acceptors (Lipinski definition) is 4. The normalized spacial score (nSPS) is 12.0. The average Bonchev–Trinajstić information content (AvgIpc) is 3.05. The first-order valence-electron chi connectivity index (χ1n) is 7.37. The van der Waals surface area contributed by atoms with Gasteiger partial charge in [0.05, 0.1) is 11.7 Å². The van der Waals surface area contributed by atoms with Gasteiger partial charge in [0.1, 0.15) is 5.01 Å². The van der Waals surface area contributed by atoms with E-state index in [1.807, 2.05) is 53.9 Å². The summed E-state index contributed by atoms with van der Waals surface area (Å²) in [5.74, 6) is -0.0902. The molecule has 0 saturated heterocycles. The Hall–Kier alpha value is -2.21. The van der Waals surface area contributed by atoms with E-state index in [2.05, 4.69) is 10.3 Å². The standard InChI is InChI=1S/C18H16ClN3OS/c1-11(23)21-15-8-4-12(5-9-15)16-10-24-18(22-16)17(20)13-2-6-14(19)7-3-13/h2-10,17H,20H2,1H3,(H,21,23). The Morgan fingerprint density at radius 1 is 1.17 bits per heavy atom. The molecular weight excluding hydrogens is 342 g/mol. The molecule has 1 atom stereocenters. The summed E-state index contributed by atoms with van der Waals surface area (Å²) in [5, 5.41) is 6.26. The highest BCUT2D eigenvalue weighted by Gasteiger charge is 2.14. The SMILES string of the molecule is CC(=O)Nc1ccc(-c2csc(C(N)c3ccc(Cl)cc3)n2)cc1. The molecule has 2 aromatic carbocycles. The molecule has 0 aliphatic carbocycles. The minimum Gasteiger partial charge on any atom is -0.326 e. The van der Waals surface area contributed by atoms with Crippen LogP contribution < -0.4 is 11.1 Å². The van der Waals surface area contributed by atoms with Gasteiger partial charge in [-0.05, 0) is 29.8 Å². The van der Waals surface area contributed by atoms with Crippen molar-refractivity contribution in [1.29, 1.82) is 0 Å². The number of anilines is 1. The zero-order valence-electron chi connectivity index (χ0n) is 13.0. The number of aromatic nitrogens is 1. The lowest BCUT2D eigenvalue weighted by Crippen LogP contribution is -2.11. The van der Waals surface area contributed by atoms with Crippen LogP contribution in [-0.4, -0.2) is 10.9 Å². The number of hydrogen-bond donors (Lipinski definition) is 2. The minimum atomic E-state index is -0.278. The molecule has 0 fully saturated rings. The lowest BCUT2D eigenvalue weighted by Gasteiger charge is -2.08. The van der Waals surface area contributed by atoms with Crippen LogP contribution in [0.2, 0.25) is 5.02 Å². The summed E-state index contributed by atoms with van der Waals surface area (Å²) >= 11 is 7.44. The van der Waals surface area contributed by atoms with E-state index in [1.165, 1.54) is 18.3 Å². The molecule has 3 rings (SSSR count). The quantitative estimate of drug-likeness (QED) is 0.723. The average molecular weight is 358 g/mol. The second-order valence-corrected chi connectivity index (χ2v) is 6.68. The van der Waals surface area contributed by atoms with Crippen LogP contribution in [0.25, 0.3) is 11.3 Å². The number of nitrogens with two attached hydrogens (primary N) is 1. The van der Waals surface area contributed by atoms with Crippen molar-refractivity contribution in [2.75, 3.05) is 5.32 Å². The molecule has 3 aromatic rings. The number of thiazole rings is 1. The second kappa shape index (κ2) is 7.13. The molecule has 0 saturated carbocycles. The van der Waals surface area contributed by atoms with Crippen molar-refractivity contribution in [3.05, 3.63) is 69.5 Å². The van der Waals surface area contributed by atoms with E-state index in [4.69, 9.17) is 17.3 Å². The molecule has 0 aliphatic rings. The van der Waals surface area contributed by atoms with Crippen molar-refractivity contribution >= 4 is 34.5 Å².